The van der Waals surface area contributed by atoms with E-state index in [4.69, 9.17) is 21.9 Å². The fourth-order valence-electron chi connectivity index (χ4n) is 6.23. The molecule has 0 spiro atoms. The Labute approximate surface area is 337 Å². The number of benzene rings is 1. The Balaban J connectivity index is 0.000000208. The summed E-state index contributed by atoms with van der Waals surface area (Å²) in [6.07, 6.45) is 6.82. The number of carbonyl (C=O) groups excluding carboxylic acids is 3. The van der Waals surface area contributed by atoms with Crippen molar-refractivity contribution >= 4 is 79.9 Å². The first-order valence-electron chi connectivity index (χ1n) is 18.2. The fraction of sp³-hybridized carbons (Fsp3) is 0.361. The topological polar surface area (TPSA) is 270 Å². The molecule has 7 rings (SSSR count). The molecule has 4 aromatic heterocycles. The Kier molecular flexibility index (Phi) is 13.2. The third kappa shape index (κ3) is 11.0. The lowest BCUT2D eigenvalue weighted by atomic mass is 10.1. The van der Waals surface area contributed by atoms with Crippen LogP contribution in [0, 0.1) is 13.8 Å². The molecule has 0 bridgehead atoms. The molecule has 57 heavy (non-hydrogen) atoms. The van der Waals surface area contributed by atoms with E-state index in [1.807, 2.05) is 30.9 Å². The number of ether oxygens (including phenoxy) is 1. The van der Waals surface area contributed by atoms with Gasteiger partial charge < -0.3 is 53.0 Å². The Morgan fingerprint density at radius 3 is 1.79 bits per heavy atom. The number of nitrogens with zero attached hydrogens (tertiary/aromatic N) is 8. The molecule has 2 fully saturated rings. The Bertz CT molecular complexity index is 2180. The number of aromatic nitrogens is 6. The molecule has 0 saturated carbocycles. The van der Waals surface area contributed by atoms with Crippen LogP contribution < -0.4 is 53.0 Å². The van der Waals surface area contributed by atoms with Crippen LogP contribution in [0.2, 0.25) is 0 Å². The normalized spacial score (nSPS) is 16.5. The largest absolute Gasteiger partial charge is 0.497 e. The molecule has 2 aliphatic rings. The van der Waals surface area contributed by atoms with Gasteiger partial charge in [0, 0.05) is 44.0 Å². The number of nitrogens with two attached hydrogens (primary N) is 3. The minimum absolute atomic E-state index is 0.0559. The van der Waals surface area contributed by atoms with Crippen molar-refractivity contribution in [2.75, 3.05) is 59.0 Å². The van der Waals surface area contributed by atoms with E-state index in [-0.39, 0.29) is 35.3 Å². The first kappa shape index (κ1) is 40.5. The summed E-state index contributed by atoms with van der Waals surface area (Å²) in [5.41, 5.74) is 19.5. The molecule has 1 aromatic carbocycles. The predicted molar refractivity (Wildman–Crippen MR) is 221 cm³/mol. The van der Waals surface area contributed by atoms with Gasteiger partial charge in [-0.25, -0.2) is 24.7 Å². The highest BCUT2D eigenvalue weighted by Crippen LogP contribution is 2.27. The van der Waals surface area contributed by atoms with Gasteiger partial charge in [0.1, 0.15) is 27.4 Å². The van der Waals surface area contributed by atoms with Crippen molar-refractivity contribution in [1.29, 1.82) is 0 Å². The van der Waals surface area contributed by atoms with Crippen LogP contribution in [0.3, 0.4) is 0 Å². The SMILES string of the molecule is COc1ccc(NC(=O)N[C@@H]2CCCN(c3cnc(C(N)=O)c(Nc4cc(C)ns4)n3)C2)cc1.Cc1cc(Nc2nc(N3CCC[C@@H](N)C3)cnc2C(N)=O)sn1. The van der Waals surface area contributed by atoms with Crippen molar-refractivity contribution in [3.63, 3.8) is 0 Å². The maximum absolute atomic E-state index is 12.5. The molecule has 19 nitrogen and oxygen atoms in total. The number of methoxy groups -OCH3 is 1. The number of hydrogen-bond donors (Lipinski definition) is 7. The van der Waals surface area contributed by atoms with Crippen LogP contribution >= 0.6 is 23.1 Å². The van der Waals surface area contributed by atoms with E-state index >= 15 is 0 Å². The monoisotopic (exact) mass is 815 g/mol. The Hall–Kier alpha value is -6.19. The van der Waals surface area contributed by atoms with Gasteiger partial charge in [-0.3, -0.25) is 9.59 Å². The zero-order valence-corrected chi connectivity index (χ0v) is 33.3. The van der Waals surface area contributed by atoms with Gasteiger partial charge >= 0.3 is 6.03 Å². The van der Waals surface area contributed by atoms with E-state index in [0.29, 0.717) is 29.7 Å². The maximum atomic E-state index is 12.5. The average Bonchev–Trinajstić information content (AvgIpc) is 3.81. The smallest absolute Gasteiger partial charge is 0.319 e. The van der Waals surface area contributed by atoms with Crippen molar-refractivity contribution in [3.05, 3.63) is 71.6 Å². The molecule has 0 radical (unpaired) electrons. The van der Waals surface area contributed by atoms with E-state index in [9.17, 15) is 14.4 Å². The van der Waals surface area contributed by atoms with E-state index in [2.05, 4.69) is 54.9 Å². The van der Waals surface area contributed by atoms with Crippen molar-refractivity contribution in [2.24, 2.45) is 17.2 Å². The minimum Gasteiger partial charge on any atom is -0.497 e. The first-order valence-corrected chi connectivity index (χ1v) is 19.7. The number of piperidine rings is 2. The van der Waals surface area contributed by atoms with Crippen LogP contribution in [-0.4, -0.2) is 91.9 Å². The molecule has 0 unspecified atom stereocenters. The standard InChI is InChI=1S/C22H26N8O3S.C14H19N7OS/c1-13-10-18(34-29-13)28-21-19(20(23)31)24-11-17(27-21)30-9-3-4-15(12-30)26-22(32)25-14-5-7-16(33-2)8-6-14;1-8-5-11(23-20-8)19-14-12(13(16)22)17-6-10(18-14)21-4-2-3-9(15)7-21/h5-8,10-11,15H,3-4,9,12H2,1-2H3,(H2,23,31)(H,27,28)(H2,25,26,32);5-6,9H,2-4,7,15H2,1H3,(H2,16,22)(H,18,19)/t15-;9-/m11/s1. The molecule has 5 aromatic rings. The molecular formula is C36H45N15O4S2. The van der Waals surface area contributed by atoms with E-state index < -0.39 is 11.8 Å². The fourth-order valence-corrected chi connectivity index (χ4v) is 7.55. The number of primary amides is 2. The summed E-state index contributed by atoms with van der Waals surface area (Å²) in [5.74, 6) is 1.33. The summed E-state index contributed by atoms with van der Waals surface area (Å²) in [6.45, 7) is 6.68. The van der Waals surface area contributed by atoms with E-state index in [1.54, 1.807) is 37.6 Å². The number of rotatable bonds is 11. The maximum Gasteiger partial charge on any atom is 0.319 e. The van der Waals surface area contributed by atoms with Crippen LogP contribution in [0.15, 0.2) is 48.8 Å². The highest BCUT2D eigenvalue weighted by atomic mass is 32.1. The number of amides is 4. The third-order valence-corrected chi connectivity index (χ3v) is 10.5. The number of anilines is 7. The number of hydrogen-bond acceptors (Lipinski definition) is 17. The van der Waals surface area contributed by atoms with Gasteiger partial charge in [0.2, 0.25) is 0 Å². The highest BCUT2D eigenvalue weighted by molar-refractivity contribution is 7.10. The van der Waals surface area contributed by atoms with Crippen molar-refractivity contribution in [2.45, 2.75) is 51.6 Å². The second-order valence-electron chi connectivity index (χ2n) is 13.5. The number of aryl methyl sites for hydroxylation is 2. The lowest BCUT2D eigenvalue weighted by molar-refractivity contribution is 0.0987. The van der Waals surface area contributed by atoms with Crippen molar-refractivity contribution < 1.29 is 19.1 Å². The summed E-state index contributed by atoms with van der Waals surface area (Å²) < 4.78 is 13.6. The Morgan fingerprint density at radius 1 is 0.789 bits per heavy atom. The molecule has 2 aliphatic heterocycles. The molecule has 21 heteroatoms. The van der Waals surface area contributed by atoms with Gasteiger partial charge in [0.05, 0.1) is 30.9 Å². The summed E-state index contributed by atoms with van der Waals surface area (Å²) in [7, 11) is 1.59. The van der Waals surface area contributed by atoms with Crippen LogP contribution in [0.4, 0.5) is 43.8 Å². The summed E-state index contributed by atoms with van der Waals surface area (Å²) in [4.78, 5) is 57.6. The molecule has 4 amide bonds. The van der Waals surface area contributed by atoms with Crippen LogP contribution in [0.25, 0.3) is 0 Å². The molecule has 300 valence electrons. The van der Waals surface area contributed by atoms with E-state index in [1.165, 1.54) is 29.3 Å². The zero-order valence-electron chi connectivity index (χ0n) is 31.7. The van der Waals surface area contributed by atoms with Crippen LogP contribution in [-0.2, 0) is 0 Å². The summed E-state index contributed by atoms with van der Waals surface area (Å²) >= 11 is 2.55. The van der Waals surface area contributed by atoms with Crippen molar-refractivity contribution in [1.82, 2.24) is 34.0 Å². The van der Waals surface area contributed by atoms with Gasteiger partial charge in [-0.15, -0.1) is 0 Å². The summed E-state index contributed by atoms with van der Waals surface area (Å²) in [6, 6.07) is 10.6. The molecule has 10 N–H and O–H groups in total. The first-order chi connectivity index (χ1) is 27.4. The predicted octanol–water partition coefficient (Wildman–Crippen LogP) is 3.89. The number of nitrogens with one attached hydrogen (secondary N) is 4. The number of urea groups is 1. The molecule has 6 heterocycles. The zero-order chi connectivity index (χ0) is 40.5. The van der Waals surface area contributed by atoms with Gasteiger partial charge in [-0.2, -0.15) is 8.75 Å². The number of carbonyl (C=O) groups is 3. The second kappa shape index (κ2) is 18.6. The highest BCUT2D eigenvalue weighted by Gasteiger charge is 2.25. The Morgan fingerprint density at radius 2 is 1.32 bits per heavy atom. The van der Waals surface area contributed by atoms with Gasteiger partial charge in [-0.1, -0.05) is 0 Å². The lowest BCUT2D eigenvalue weighted by Crippen LogP contribution is -2.49. The van der Waals surface area contributed by atoms with Gasteiger partial charge in [0.25, 0.3) is 11.8 Å². The minimum atomic E-state index is -0.670. The molecule has 0 aliphatic carbocycles. The molecule has 2 saturated heterocycles. The third-order valence-electron chi connectivity index (χ3n) is 8.94. The van der Waals surface area contributed by atoms with Gasteiger partial charge in [-0.05, 0) is 99.0 Å². The van der Waals surface area contributed by atoms with Gasteiger partial charge in [0.15, 0.2) is 23.0 Å². The molecule has 2 atom stereocenters. The second-order valence-corrected chi connectivity index (χ2v) is 15.1. The van der Waals surface area contributed by atoms with Crippen LogP contribution in [0.1, 0.15) is 58.0 Å². The quantitative estimate of drug-likeness (QED) is 0.0997. The average molecular weight is 816 g/mol. The van der Waals surface area contributed by atoms with Crippen molar-refractivity contribution in [3.8, 4) is 5.75 Å². The van der Waals surface area contributed by atoms with E-state index in [0.717, 1.165) is 72.5 Å². The lowest BCUT2D eigenvalue weighted by Gasteiger charge is -2.34. The summed E-state index contributed by atoms with van der Waals surface area (Å²) in [5, 5.41) is 13.6. The van der Waals surface area contributed by atoms with Crippen LogP contribution in [0.5, 0.6) is 5.75 Å². The molecular weight excluding hydrogens is 771 g/mol.